The molecule has 0 unspecified atom stereocenters. The van der Waals surface area contributed by atoms with Gasteiger partial charge in [-0.1, -0.05) is 129 Å². The fraction of sp³-hybridized carbons (Fsp3) is 0.774. The number of aryl methyl sites for hydroxylation is 3. The fourth-order valence-corrected chi connectivity index (χ4v) is 4.95. The molecule has 1 aromatic rings. The maximum Gasteiger partial charge on any atom is 0.336 e. The minimum Gasteiger partial charge on any atom is -0.478 e. The van der Waals surface area contributed by atoms with E-state index >= 15 is 0 Å². The topological polar surface area (TPSA) is 68.8 Å². The lowest BCUT2D eigenvalue weighted by Gasteiger charge is -2.15. The largest absolute Gasteiger partial charge is 0.478 e. The normalized spacial score (nSPS) is 10.9. The van der Waals surface area contributed by atoms with Crippen molar-refractivity contribution in [3.63, 3.8) is 0 Å². The molecule has 0 atom stereocenters. The molecule has 0 aromatic heterocycles. The van der Waals surface area contributed by atoms with Crippen LogP contribution in [-0.2, 0) is 19.3 Å². The van der Waals surface area contributed by atoms with Crippen molar-refractivity contribution in [3.8, 4) is 0 Å². The van der Waals surface area contributed by atoms with Crippen molar-refractivity contribution in [3.05, 3.63) is 34.4 Å². The summed E-state index contributed by atoms with van der Waals surface area (Å²) in [7, 11) is 0. The molecule has 34 heavy (non-hydrogen) atoms. The first-order chi connectivity index (χ1) is 16.1. The van der Waals surface area contributed by atoms with Gasteiger partial charge in [0.05, 0.1) is 5.56 Å². The van der Waals surface area contributed by atoms with Crippen LogP contribution in [0.15, 0.2) is 12.1 Å². The molecule has 0 spiro atoms. The summed E-state index contributed by atoms with van der Waals surface area (Å²) in [5, 5.41) is 10.1. The standard InChI is InChI=1S/C31H54O2.H2O/c1-4-7-10-13-16-19-22-27-25-28(23-20-17-14-11-8-5-2)30(31(32)33)29(26-27)24-21-18-15-12-9-6-3;/h25-26H,4-24H2,1-3H3,(H,32,33);1H2. The lowest BCUT2D eigenvalue weighted by Crippen LogP contribution is -2.09. The highest BCUT2D eigenvalue weighted by Crippen LogP contribution is 2.25. The summed E-state index contributed by atoms with van der Waals surface area (Å²) < 4.78 is 0. The van der Waals surface area contributed by atoms with Gasteiger partial charge in [0, 0.05) is 0 Å². The molecule has 0 saturated heterocycles. The highest BCUT2D eigenvalue weighted by Gasteiger charge is 2.17. The maximum atomic E-state index is 12.3. The van der Waals surface area contributed by atoms with Crippen LogP contribution in [0.2, 0.25) is 0 Å². The van der Waals surface area contributed by atoms with E-state index in [-0.39, 0.29) is 5.48 Å². The van der Waals surface area contributed by atoms with Crippen LogP contribution >= 0.6 is 0 Å². The highest BCUT2D eigenvalue weighted by molar-refractivity contribution is 5.91. The van der Waals surface area contributed by atoms with Crippen LogP contribution in [0.4, 0.5) is 0 Å². The van der Waals surface area contributed by atoms with Crippen LogP contribution in [0.3, 0.4) is 0 Å². The number of hydrogen-bond donors (Lipinski definition) is 1. The van der Waals surface area contributed by atoms with Gasteiger partial charge in [0.15, 0.2) is 0 Å². The van der Waals surface area contributed by atoms with Crippen molar-refractivity contribution in [1.29, 1.82) is 0 Å². The van der Waals surface area contributed by atoms with Gasteiger partial charge in [0.25, 0.3) is 0 Å². The van der Waals surface area contributed by atoms with E-state index < -0.39 is 5.97 Å². The molecule has 0 fully saturated rings. The van der Waals surface area contributed by atoms with Crippen molar-refractivity contribution in [2.45, 2.75) is 156 Å². The molecule has 3 nitrogen and oxygen atoms in total. The predicted molar refractivity (Wildman–Crippen MR) is 148 cm³/mol. The summed E-state index contributed by atoms with van der Waals surface area (Å²) in [6, 6.07) is 4.48. The minimum absolute atomic E-state index is 0. The first kappa shape index (κ1) is 32.7. The molecular weight excluding hydrogens is 420 g/mol. The van der Waals surface area contributed by atoms with E-state index in [1.54, 1.807) is 0 Å². The van der Waals surface area contributed by atoms with Crippen LogP contribution in [-0.4, -0.2) is 16.6 Å². The van der Waals surface area contributed by atoms with Crippen molar-refractivity contribution in [2.75, 3.05) is 0 Å². The quantitative estimate of drug-likeness (QED) is 0.169. The van der Waals surface area contributed by atoms with Gasteiger partial charge in [0.2, 0.25) is 0 Å². The maximum absolute atomic E-state index is 12.3. The van der Waals surface area contributed by atoms with Crippen LogP contribution in [0.1, 0.15) is 163 Å². The Morgan fingerprint density at radius 3 is 1.24 bits per heavy atom. The van der Waals surface area contributed by atoms with E-state index in [9.17, 15) is 9.90 Å². The van der Waals surface area contributed by atoms with E-state index in [1.807, 2.05) is 0 Å². The van der Waals surface area contributed by atoms with E-state index in [0.717, 1.165) is 43.2 Å². The van der Waals surface area contributed by atoms with Gasteiger partial charge >= 0.3 is 5.97 Å². The third-order valence-electron chi connectivity index (χ3n) is 6.99. The zero-order valence-electron chi connectivity index (χ0n) is 22.9. The summed E-state index contributed by atoms with van der Waals surface area (Å²) in [6.45, 7) is 6.76. The number of unbranched alkanes of at least 4 members (excludes halogenated alkanes) is 15. The Morgan fingerprint density at radius 2 is 0.882 bits per heavy atom. The molecule has 0 saturated carbocycles. The van der Waals surface area contributed by atoms with Crippen LogP contribution in [0, 0.1) is 0 Å². The molecule has 0 aliphatic carbocycles. The molecule has 3 heteroatoms. The van der Waals surface area contributed by atoms with Gasteiger partial charge in [-0.2, -0.15) is 0 Å². The Labute approximate surface area is 211 Å². The van der Waals surface area contributed by atoms with Gasteiger partial charge in [0.1, 0.15) is 0 Å². The number of carbonyl (C=O) groups is 1. The fourth-order valence-electron chi connectivity index (χ4n) is 4.95. The second-order valence-corrected chi connectivity index (χ2v) is 10.1. The monoisotopic (exact) mass is 476 g/mol. The number of hydrogen-bond acceptors (Lipinski definition) is 1. The first-order valence-electron chi connectivity index (χ1n) is 14.5. The SMILES string of the molecule is CCCCCCCCc1cc(CCCCCCCC)c(C(=O)O)c(CCCCCCCC)c1.O. The molecule has 0 bridgehead atoms. The Kier molecular flexibility index (Phi) is 21.3. The van der Waals surface area contributed by atoms with E-state index in [2.05, 4.69) is 32.9 Å². The van der Waals surface area contributed by atoms with E-state index in [1.165, 1.54) is 108 Å². The van der Waals surface area contributed by atoms with Crippen LogP contribution < -0.4 is 0 Å². The zero-order chi connectivity index (χ0) is 24.2. The minimum atomic E-state index is -0.719. The van der Waals surface area contributed by atoms with Crippen molar-refractivity contribution >= 4 is 5.97 Å². The molecule has 198 valence electrons. The third kappa shape index (κ3) is 14.8. The molecule has 0 aliphatic rings. The zero-order valence-corrected chi connectivity index (χ0v) is 22.9. The average molecular weight is 477 g/mol. The Bertz CT molecular complexity index is 586. The van der Waals surface area contributed by atoms with Gasteiger partial charge in [-0.3, -0.25) is 0 Å². The number of carboxylic acid groups (broad SMARTS) is 1. The Morgan fingerprint density at radius 1 is 0.559 bits per heavy atom. The number of aromatic carboxylic acids is 1. The molecule has 0 aliphatic heterocycles. The number of benzene rings is 1. The molecule has 3 N–H and O–H groups in total. The Hall–Kier alpha value is -1.35. The summed E-state index contributed by atoms with van der Waals surface area (Å²) in [6.07, 6.45) is 25.8. The molecular formula is C31H56O3. The summed E-state index contributed by atoms with van der Waals surface area (Å²) in [5.74, 6) is -0.719. The first-order valence-corrected chi connectivity index (χ1v) is 14.5. The molecule has 0 radical (unpaired) electrons. The lowest BCUT2D eigenvalue weighted by atomic mass is 9.89. The summed E-state index contributed by atoms with van der Waals surface area (Å²) in [5.41, 5.74) is 4.20. The molecule has 1 rings (SSSR count). The van der Waals surface area contributed by atoms with Crippen molar-refractivity contribution in [2.24, 2.45) is 0 Å². The molecule has 0 amide bonds. The van der Waals surface area contributed by atoms with Gasteiger partial charge in [-0.15, -0.1) is 0 Å². The molecule has 0 heterocycles. The Balaban J connectivity index is 0.0000109. The van der Waals surface area contributed by atoms with E-state index in [4.69, 9.17) is 0 Å². The third-order valence-corrected chi connectivity index (χ3v) is 6.99. The van der Waals surface area contributed by atoms with Crippen LogP contribution in [0.5, 0.6) is 0 Å². The van der Waals surface area contributed by atoms with Crippen molar-refractivity contribution in [1.82, 2.24) is 0 Å². The summed E-state index contributed by atoms with van der Waals surface area (Å²) >= 11 is 0. The highest BCUT2D eigenvalue weighted by atomic mass is 16.4. The number of carboxylic acids is 1. The van der Waals surface area contributed by atoms with Crippen molar-refractivity contribution < 1.29 is 15.4 Å². The number of rotatable bonds is 22. The van der Waals surface area contributed by atoms with Gasteiger partial charge in [-0.05, 0) is 55.2 Å². The van der Waals surface area contributed by atoms with Crippen LogP contribution in [0.25, 0.3) is 0 Å². The smallest absolute Gasteiger partial charge is 0.336 e. The molecule has 1 aromatic carbocycles. The average Bonchev–Trinajstić information content (AvgIpc) is 2.80. The van der Waals surface area contributed by atoms with Gasteiger partial charge in [-0.25, -0.2) is 4.79 Å². The van der Waals surface area contributed by atoms with E-state index in [0.29, 0.717) is 5.56 Å². The summed E-state index contributed by atoms with van der Waals surface area (Å²) in [4.78, 5) is 12.3. The van der Waals surface area contributed by atoms with Gasteiger partial charge < -0.3 is 10.6 Å². The predicted octanol–water partition coefficient (Wildman–Crippen LogP) is 9.27. The second kappa shape index (κ2) is 22.1. The lowest BCUT2D eigenvalue weighted by molar-refractivity contribution is 0.0694. The second-order valence-electron chi connectivity index (χ2n) is 10.1.